The first-order valence-electron chi connectivity index (χ1n) is 8.03. The summed E-state index contributed by atoms with van der Waals surface area (Å²) in [5.41, 5.74) is 3.92. The van der Waals surface area contributed by atoms with E-state index in [1.807, 2.05) is 19.1 Å². The number of ether oxygens (including phenoxy) is 2. The van der Waals surface area contributed by atoms with Crippen LogP contribution in [0, 0.1) is 0 Å². The first-order chi connectivity index (χ1) is 11.8. The molecule has 0 amide bonds. The van der Waals surface area contributed by atoms with Crippen molar-refractivity contribution in [3.63, 3.8) is 0 Å². The minimum absolute atomic E-state index is 0.100. The fourth-order valence-electron chi connectivity index (χ4n) is 2.87. The second kappa shape index (κ2) is 6.81. The van der Waals surface area contributed by atoms with Gasteiger partial charge in [-0.15, -0.1) is 0 Å². The number of halogens is 1. The molecule has 0 fully saturated rings. The van der Waals surface area contributed by atoms with Gasteiger partial charge in [-0.25, -0.2) is 4.79 Å². The summed E-state index contributed by atoms with van der Waals surface area (Å²) in [5.74, 6) is 0.453. The number of benzene rings is 2. The summed E-state index contributed by atoms with van der Waals surface area (Å²) < 4.78 is 10.4. The number of fused-ring (bicyclic) bond motifs is 1. The summed E-state index contributed by atoms with van der Waals surface area (Å²) in [5, 5.41) is 4.08. The predicted octanol–water partition coefficient (Wildman–Crippen LogP) is 5.66. The summed E-state index contributed by atoms with van der Waals surface area (Å²) in [6, 6.07) is 12.6. The molecule has 0 aromatic heterocycles. The highest BCUT2D eigenvalue weighted by Gasteiger charge is 2.23. The molecule has 0 radical (unpaired) electrons. The largest absolute Gasteiger partial charge is 0.514 e. The number of nitrogens with one attached hydrogen (secondary N) is 1. The molecular weight excluding hydrogens is 338 g/mol. The highest BCUT2D eigenvalue weighted by molar-refractivity contribution is 6.30. The zero-order chi connectivity index (χ0) is 18.0. The summed E-state index contributed by atoms with van der Waals surface area (Å²) in [7, 11) is 0. The molecule has 0 bridgehead atoms. The summed E-state index contributed by atoms with van der Waals surface area (Å²) in [6.07, 6.45) is 1.42. The zero-order valence-corrected chi connectivity index (χ0v) is 15.2. The van der Waals surface area contributed by atoms with Crippen molar-refractivity contribution >= 4 is 29.0 Å². The van der Waals surface area contributed by atoms with Crippen LogP contribution in [0.25, 0.3) is 5.57 Å². The molecule has 0 aliphatic carbocycles. The van der Waals surface area contributed by atoms with Gasteiger partial charge >= 0.3 is 6.16 Å². The molecule has 0 atom stereocenters. The molecule has 4 nitrogen and oxygen atoms in total. The van der Waals surface area contributed by atoms with E-state index in [0.29, 0.717) is 10.8 Å². The molecule has 0 saturated heterocycles. The Morgan fingerprint density at radius 3 is 2.60 bits per heavy atom. The van der Waals surface area contributed by atoms with Crippen LogP contribution in [0.4, 0.5) is 10.5 Å². The number of carbonyl (C=O) groups is 1. The number of allylic oxidation sites excluding steroid dienone is 1. The van der Waals surface area contributed by atoms with Crippen LogP contribution in [0.3, 0.4) is 0 Å². The molecule has 1 heterocycles. The summed E-state index contributed by atoms with van der Waals surface area (Å²) >= 11 is 5.83. The van der Waals surface area contributed by atoms with Gasteiger partial charge in [-0.1, -0.05) is 29.8 Å². The average Bonchev–Trinajstić information content (AvgIpc) is 2.54. The van der Waals surface area contributed by atoms with Crippen molar-refractivity contribution in [1.29, 1.82) is 0 Å². The first kappa shape index (κ1) is 17.4. The first-order valence-corrected chi connectivity index (χ1v) is 8.41. The maximum Gasteiger partial charge on any atom is 0.514 e. The second-order valence-electron chi connectivity index (χ2n) is 6.65. The smallest absolute Gasteiger partial charge is 0.429 e. The van der Waals surface area contributed by atoms with Crippen molar-refractivity contribution in [2.45, 2.75) is 32.9 Å². The van der Waals surface area contributed by atoms with Crippen molar-refractivity contribution in [3.05, 3.63) is 64.7 Å². The third-order valence-corrected chi connectivity index (χ3v) is 4.17. The van der Waals surface area contributed by atoms with Gasteiger partial charge in [0.15, 0.2) is 0 Å². The molecule has 1 N–H and O–H groups in total. The van der Waals surface area contributed by atoms with Gasteiger partial charge < -0.3 is 14.8 Å². The molecule has 0 saturated carbocycles. The van der Waals surface area contributed by atoms with E-state index in [1.54, 1.807) is 30.3 Å². The standard InChI is InChI=1S/C20H20ClNO3/c1-13-11-20(2,3)22-18-9-8-16(10-17(13)18)25-19(23)24-12-14-4-6-15(21)7-5-14/h4-11,22H,12H2,1-3H3. The number of rotatable bonds is 3. The van der Waals surface area contributed by atoms with Crippen LogP contribution >= 0.6 is 11.6 Å². The van der Waals surface area contributed by atoms with E-state index in [0.717, 1.165) is 22.4 Å². The lowest BCUT2D eigenvalue weighted by atomic mass is 9.91. The fourth-order valence-corrected chi connectivity index (χ4v) is 3.00. The predicted molar refractivity (Wildman–Crippen MR) is 100 cm³/mol. The van der Waals surface area contributed by atoms with Crippen molar-refractivity contribution in [2.75, 3.05) is 5.32 Å². The topological polar surface area (TPSA) is 47.6 Å². The maximum absolute atomic E-state index is 11.9. The summed E-state index contributed by atoms with van der Waals surface area (Å²) in [6.45, 7) is 6.40. The Kier molecular flexibility index (Phi) is 4.73. The molecular formula is C20H20ClNO3. The summed E-state index contributed by atoms with van der Waals surface area (Å²) in [4.78, 5) is 11.9. The minimum Gasteiger partial charge on any atom is -0.429 e. The number of anilines is 1. The third kappa shape index (κ3) is 4.34. The monoisotopic (exact) mass is 357 g/mol. The van der Waals surface area contributed by atoms with Gasteiger partial charge in [0.1, 0.15) is 12.4 Å². The highest BCUT2D eigenvalue weighted by Crippen LogP contribution is 2.35. The third-order valence-electron chi connectivity index (χ3n) is 3.92. The van der Waals surface area contributed by atoms with Gasteiger partial charge in [0.2, 0.25) is 0 Å². The Morgan fingerprint density at radius 1 is 1.16 bits per heavy atom. The molecule has 130 valence electrons. The second-order valence-corrected chi connectivity index (χ2v) is 7.09. The van der Waals surface area contributed by atoms with E-state index >= 15 is 0 Å². The van der Waals surface area contributed by atoms with Crippen LogP contribution in [0.5, 0.6) is 5.75 Å². The van der Waals surface area contributed by atoms with E-state index in [-0.39, 0.29) is 12.1 Å². The van der Waals surface area contributed by atoms with Crippen molar-refractivity contribution in [3.8, 4) is 5.75 Å². The average molecular weight is 358 g/mol. The van der Waals surface area contributed by atoms with E-state index in [4.69, 9.17) is 21.1 Å². The van der Waals surface area contributed by atoms with E-state index < -0.39 is 6.16 Å². The van der Waals surface area contributed by atoms with Gasteiger partial charge in [-0.3, -0.25) is 0 Å². The molecule has 5 heteroatoms. The lowest BCUT2D eigenvalue weighted by molar-refractivity contribution is 0.0928. The lowest BCUT2D eigenvalue weighted by Crippen LogP contribution is -2.31. The molecule has 0 spiro atoms. The number of carbonyl (C=O) groups excluding carboxylic acids is 1. The van der Waals surface area contributed by atoms with Crippen LogP contribution in [0.2, 0.25) is 5.02 Å². The van der Waals surface area contributed by atoms with Gasteiger partial charge in [0.05, 0.1) is 5.54 Å². The maximum atomic E-state index is 11.9. The van der Waals surface area contributed by atoms with Crippen molar-refractivity contribution < 1.29 is 14.3 Å². The quantitative estimate of drug-likeness (QED) is 0.568. The van der Waals surface area contributed by atoms with Crippen LogP contribution in [0.1, 0.15) is 31.9 Å². The molecule has 1 aliphatic rings. The van der Waals surface area contributed by atoms with E-state index in [9.17, 15) is 4.79 Å². The van der Waals surface area contributed by atoms with Crippen molar-refractivity contribution in [2.24, 2.45) is 0 Å². The molecule has 3 rings (SSSR count). The Balaban J connectivity index is 1.64. The minimum atomic E-state index is -0.736. The Bertz CT molecular complexity index is 825. The van der Waals surface area contributed by atoms with E-state index in [2.05, 4.69) is 25.2 Å². The van der Waals surface area contributed by atoms with E-state index in [1.165, 1.54) is 0 Å². The van der Waals surface area contributed by atoms with Crippen LogP contribution < -0.4 is 10.1 Å². The van der Waals surface area contributed by atoms with Crippen LogP contribution in [-0.4, -0.2) is 11.7 Å². The molecule has 2 aromatic carbocycles. The Hall–Kier alpha value is -2.46. The van der Waals surface area contributed by atoms with Crippen LogP contribution in [0.15, 0.2) is 48.5 Å². The lowest BCUT2D eigenvalue weighted by Gasteiger charge is -2.31. The van der Waals surface area contributed by atoms with Crippen LogP contribution in [-0.2, 0) is 11.3 Å². The molecule has 25 heavy (non-hydrogen) atoms. The van der Waals surface area contributed by atoms with Gasteiger partial charge in [0.25, 0.3) is 0 Å². The normalized spacial score (nSPS) is 14.8. The van der Waals surface area contributed by atoms with Gasteiger partial charge in [-0.2, -0.15) is 0 Å². The molecule has 1 aliphatic heterocycles. The fraction of sp³-hybridized carbons (Fsp3) is 0.250. The molecule has 0 unspecified atom stereocenters. The molecule has 2 aromatic rings. The number of hydrogen-bond acceptors (Lipinski definition) is 4. The van der Waals surface area contributed by atoms with Gasteiger partial charge in [0, 0.05) is 16.3 Å². The highest BCUT2D eigenvalue weighted by atomic mass is 35.5. The SMILES string of the molecule is CC1=CC(C)(C)Nc2ccc(OC(=O)OCc3ccc(Cl)cc3)cc21. The Labute approximate surface area is 152 Å². The van der Waals surface area contributed by atoms with Gasteiger partial charge in [-0.05, 0) is 62.2 Å². The van der Waals surface area contributed by atoms with Crippen molar-refractivity contribution in [1.82, 2.24) is 0 Å². The number of hydrogen-bond donors (Lipinski definition) is 1. The zero-order valence-electron chi connectivity index (χ0n) is 14.4. The Morgan fingerprint density at radius 2 is 1.88 bits per heavy atom.